The number of nitrogens with zero attached hydrogens (tertiary/aromatic N) is 4. The zero-order valence-corrected chi connectivity index (χ0v) is 12.1. The molecule has 1 heterocycles. The Balaban J connectivity index is 1.53. The molecule has 2 aromatic carbocycles. The van der Waals surface area contributed by atoms with Gasteiger partial charge in [-0.2, -0.15) is 0 Å². The first-order chi connectivity index (χ1) is 11.2. The summed E-state index contributed by atoms with van der Waals surface area (Å²) in [6.45, 7) is -0.0887. The van der Waals surface area contributed by atoms with Crippen molar-refractivity contribution in [3.8, 4) is 11.4 Å². The zero-order valence-electron chi connectivity index (χ0n) is 12.1. The Morgan fingerprint density at radius 2 is 1.87 bits per heavy atom. The third-order valence-corrected chi connectivity index (χ3v) is 3.01. The van der Waals surface area contributed by atoms with Gasteiger partial charge in [0.15, 0.2) is 6.61 Å². The molecule has 0 saturated heterocycles. The van der Waals surface area contributed by atoms with Crippen molar-refractivity contribution in [2.75, 3.05) is 17.7 Å². The average molecular weight is 310 g/mol. The van der Waals surface area contributed by atoms with Crippen LogP contribution in [0.4, 0.5) is 11.4 Å². The van der Waals surface area contributed by atoms with Gasteiger partial charge in [0.2, 0.25) is 0 Å². The predicted octanol–water partition coefficient (Wildman–Crippen LogP) is 1.26. The Morgan fingerprint density at radius 1 is 1.13 bits per heavy atom. The van der Waals surface area contributed by atoms with Crippen molar-refractivity contribution in [2.45, 2.75) is 0 Å². The number of amides is 1. The van der Waals surface area contributed by atoms with E-state index < -0.39 is 0 Å². The summed E-state index contributed by atoms with van der Waals surface area (Å²) >= 11 is 0. The summed E-state index contributed by atoms with van der Waals surface area (Å²) < 4.78 is 6.96. The number of hydrogen-bond donors (Lipinski definition) is 2. The Morgan fingerprint density at radius 3 is 2.52 bits per heavy atom. The van der Waals surface area contributed by atoms with Crippen molar-refractivity contribution in [1.82, 2.24) is 20.2 Å². The molecule has 23 heavy (non-hydrogen) atoms. The van der Waals surface area contributed by atoms with Gasteiger partial charge in [-0.1, -0.05) is 0 Å². The highest BCUT2D eigenvalue weighted by Gasteiger charge is 2.04. The van der Waals surface area contributed by atoms with Gasteiger partial charge < -0.3 is 15.8 Å². The minimum absolute atomic E-state index is 0.0887. The number of carbonyl (C=O) groups excluding carboxylic acids is 1. The van der Waals surface area contributed by atoms with E-state index in [0.717, 1.165) is 5.69 Å². The standard InChI is InChI=1S/C15H14N6O2/c16-11-1-3-12(4-2-11)18-15(22)9-23-14-7-5-13(6-8-14)21-10-17-19-20-21/h1-8,10H,9,16H2,(H,18,22). The lowest BCUT2D eigenvalue weighted by molar-refractivity contribution is -0.118. The second-order valence-corrected chi connectivity index (χ2v) is 4.71. The first-order valence-corrected chi connectivity index (χ1v) is 6.82. The molecular weight excluding hydrogens is 296 g/mol. The summed E-state index contributed by atoms with van der Waals surface area (Å²) in [6.07, 6.45) is 1.50. The van der Waals surface area contributed by atoms with E-state index in [-0.39, 0.29) is 12.5 Å². The first-order valence-electron chi connectivity index (χ1n) is 6.82. The number of anilines is 2. The topological polar surface area (TPSA) is 108 Å². The molecule has 8 nitrogen and oxygen atoms in total. The second-order valence-electron chi connectivity index (χ2n) is 4.71. The molecule has 0 atom stereocenters. The van der Waals surface area contributed by atoms with Crippen LogP contribution in [0.3, 0.4) is 0 Å². The van der Waals surface area contributed by atoms with Crippen molar-refractivity contribution in [1.29, 1.82) is 0 Å². The molecule has 116 valence electrons. The maximum atomic E-state index is 11.8. The SMILES string of the molecule is Nc1ccc(NC(=O)COc2ccc(-n3cnnn3)cc2)cc1. The summed E-state index contributed by atoms with van der Waals surface area (Å²) in [5.41, 5.74) is 7.70. The molecule has 0 aliphatic carbocycles. The van der Waals surface area contributed by atoms with Crippen LogP contribution in [0.1, 0.15) is 0 Å². The van der Waals surface area contributed by atoms with Gasteiger partial charge in [0.05, 0.1) is 5.69 Å². The Labute approximate surface area is 131 Å². The Bertz CT molecular complexity index is 769. The van der Waals surface area contributed by atoms with Crippen molar-refractivity contribution in [3.63, 3.8) is 0 Å². The molecule has 3 rings (SSSR count). The van der Waals surface area contributed by atoms with Crippen molar-refractivity contribution >= 4 is 17.3 Å². The van der Waals surface area contributed by atoms with Crippen LogP contribution in [0.2, 0.25) is 0 Å². The van der Waals surface area contributed by atoms with Gasteiger partial charge in [0, 0.05) is 11.4 Å². The molecule has 8 heteroatoms. The molecule has 1 amide bonds. The number of nitrogens with two attached hydrogens (primary N) is 1. The highest BCUT2D eigenvalue weighted by Crippen LogP contribution is 2.14. The summed E-state index contributed by atoms with van der Waals surface area (Å²) in [6, 6.07) is 14.0. The van der Waals surface area contributed by atoms with Crippen molar-refractivity contribution in [3.05, 3.63) is 54.9 Å². The van der Waals surface area contributed by atoms with Gasteiger partial charge in [-0.3, -0.25) is 4.79 Å². The molecule has 0 aliphatic heterocycles. The number of nitrogens with one attached hydrogen (secondary N) is 1. The Hall–Kier alpha value is -3.42. The summed E-state index contributed by atoms with van der Waals surface area (Å²) in [5.74, 6) is 0.327. The van der Waals surface area contributed by atoms with Crippen molar-refractivity contribution in [2.24, 2.45) is 0 Å². The van der Waals surface area contributed by atoms with E-state index >= 15 is 0 Å². The zero-order chi connectivity index (χ0) is 16.1. The number of carbonyl (C=O) groups is 1. The summed E-state index contributed by atoms with van der Waals surface area (Å²) in [7, 11) is 0. The van der Waals surface area contributed by atoms with Crippen LogP contribution in [-0.2, 0) is 4.79 Å². The van der Waals surface area contributed by atoms with Crippen molar-refractivity contribution < 1.29 is 9.53 Å². The van der Waals surface area contributed by atoms with E-state index in [1.165, 1.54) is 11.0 Å². The highest BCUT2D eigenvalue weighted by molar-refractivity contribution is 5.92. The van der Waals surface area contributed by atoms with E-state index in [1.54, 1.807) is 48.5 Å². The summed E-state index contributed by atoms with van der Waals surface area (Å²) in [5, 5.41) is 13.6. The van der Waals surface area contributed by atoms with E-state index in [2.05, 4.69) is 20.8 Å². The molecule has 0 spiro atoms. The van der Waals surface area contributed by atoms with Crippen LogP contribution in [0.15, 0.2) is 54.9 Å². The fraction of sp³-hybridized carbons (Fsp3) is 0.0667. The molecule has 0 radical (unpaired) electrons. The third kappa shape index (κ3) is 3.82. The molecular formula is C15H14N6O2. The minimum atomic E-state index is -0.251. The molecule has 0 unspecified atom stereocenters. The fourth-order valence-electron chi connectivity index (χ4n) is 1.89. The number of tetrazole rings is 1. The van der Waals surface area contributed by atoms with Gasteiger partial charge >= 0.3 is 0 Å². The smallest absolute Gasteiger partial charge is 0.262 e. The van der Waals surface area contributed by atoms with Crippen LogP contribution < -0.4 is 15.8 Å². The van der Waals surface area contributed by atoms with E-state index in [1.807, 2.05) is 0 Å². The largest absolute Gasteiger partial charge is 0.484 e. The minimum Gasteiger partial charge on any atom is -0.484 e. The molecule has 3 aromatic rings. The maximum absolute atomic E-state index is 11.8. The molecule has 0 fully saturated rings. The molecule has 3 N–H and O–H groups in total. The quantitative estimate of drug-likeness (QED) is 0.687. The lowest BCUT2D eigenvalue weighted by Gasteiger charge is -2.08. The molecule has 0 bridgehead atoms. The number of aromatic nitrogens is 4. The predicted molar refractivity (Wildman–Crippen MR) is 84.1 cm³/mol. The Kier molecular flexibility index (Phi) is 4.14. The lowest BCUT2D eigenvalue weighted by Crippen LogP contribution is -2.20. The third-order valence-electron chi connectivity index (χ3n) is 3.01. The molecule has 0 aliphatic rings. The average Bonchev–Trinajstić information content (AvgIpc) is 3.10. The number of hydrogen-bond acceptors (Lipinski definition) is 6. The lowest BCUT2D eigenvalue weighted by atomic mass is 10.3. The van der Waals surface area contributed by atoms with Crippen LogP contribution in [-0.4, -0.2) is 32.7 Å². The maximum Gasteiger partial charge on any atom is 0.262 e. The number of benzene rings is 2. The molecule has 0 saturated carbocycles. The van der Waals surface area contributed by atoms with E-state index in [4.69, 9.17) is 10.5 Å². The van der Waals surface area contributed by atoms with Crippen LogP contribution in [0.25, 0.3) is 5.69 Å². The van der Waals surface area contributed by atoms with E-state index in [9.17, 15) is 4.79 Å². The van der Waals surface area contributed by atoms with E-state index in [0.29, 0.717) is 17.1 Å². The van der Waals surface area contributed by atoms with Gasteiger partial charge in [-0.25, -0.2) is 4.68 Å². The number of rotatable bonds is 5. The normalized spacial score (nSPS) is 10.3. The van der Waals surface area contributed by atoms with Gasteiger partial charge in [-0.05, 0) is 59.0 Å². The monoisotopic (exact) mass is 310 g/mol. The summed E-state index contributed by atoms with van der Waals surface area (Å²) in [4.78, 5) is 11.8. The highest BCUT2D eigenvalue weighted by atomic mass is 16.5. The second kappa shape index (κ2) is 6.56. The van der Waals surface area contributed by atoms with Crippen LogP contribution >= 0.6 is 0 Å². The van der Waals surface area contributed by atoms with Crippen LogP contribution in [0.5, 0.6) is 5.75 Å². The van der Waals surface area contributed by atoms with Crippen LogP contribution in [0, 0.1) is 0 Å². The number of nitrogen functional groups attached to an aromatic ring is 1. The van der Waals surface area contributed by atoms with Gasteiger partial charge in [-0.15, -0.1) is 5.10 Å². The fourth-order valence-corrected chi connectivity index (χ4v) is 1.89. The number of ether oxygens (including phenoxy) is 1. The first kappa shape index (κ1) is 14.5. The van der Waals surface area contributed by atoms with Gasteiger partial charge in [0.1, 0.15) is 12.1 Å². The van der Waals surface area contributed by atoms with Gasteiger partial charge in [0.25, 0.3) is 5.91 Å². The molecule has 1 aromatic heterocycles.